The minimum Gasteiger partial charge on any atom is -0.337 e. The summed E-state index contributed by atoms with van der Waals surface area (Å²) in [7, 11) is 0. The molecule has 0 spiro atoms. The number of rotatable bonds is 3. The number of nitrogens with zero attached hydrogens (tertiary/aromatic N) is 5. The van der Waals surface area contributed by atoms with Gasteiger partial charge in [-0.15, -0.1) is 10.2 Å². The van der Waals surface area contributed by atoms with Crippen LogP contribution in [0.2, 0.25) is 0 Å². The fraction of sp³-hybridized carbons (Fsp3) is 0.250. The summed E-state index contributed by atoms with van der Waals surface area (Å²) in [6.07, 6.45) is 5.47. The van der Waals surface area contributed by atoms with Crippen molar-refractivity contribution in [3.8, 4) is 22.4 Å². The van der Waals surface area contributed by atoms with Crippen molar-refractivity contribution < 1.29 is 0 Å². The second kappa shape index (κ2) is 6.13. The molecule has 0 saturated carbocycles. The van der Waals surface area contributed by atoms with Crippen LogP contribution in [0.5, 0.6) is 0 Å². The van der Waals surface area contributed by atoms with Crippen LogP contribution in [0.25, 0.3) is 22.4 Å². The van der Waals surface area contributed by atoms with Crippen LogP contribution in [0.1, 0.15) is 0 Å². The molecule has 2 aromatic heterocycles. The largest absolute Gasteiger partial charge is 0.337 e. The molecule has 1 saturated heterocycles. The summed E-state index contributed by atoms with van der Waals surface area (Å²) in [6.45, 7) is 3.75. The van der Waals surface area contributed by atoms with Gasteiger partial charge in [-0.2, -0.15) is 5.10 Å². The average Bonchev–Trinajstić information content (AvgIpc) is 3.18. The fourth-order valence-corrected chi connectivity index (χ4v) is 2.65. The predicted molar refractivity (Wildman–Crippen MR) is 87.9 cm³/mol. The Morgan fingerprint density at radius 1 is 0.870 bits per heavy atom. The first-order chi connectivity index (χ1) is 11.4. The molecule has 7 nitrogen and oxygen atoms in total. The van der Waals surface area contributed by atoms with E-state index in [2.05, 4.69) is 35.6 Å². The maximum atomic E-state index is 4.46. The minimum absolute atomic E-state index is 0.699. The molecule has 0 radical (unpaired) electrons. The Labute approximate surface area is 133 Å². The van der Waals surface area contributed by atoms with Crippen molar-refractivity contribution in [1.29, 1.82) is 0 Å². The van der Waals surface area contributed by atoms with Crippen LogP contribution >= 0.6 is 0 Å². The first-order valence-electron chi connectivity index (χ1n) is 7.65. The lowest BCUT2D eigenvalue weighted by Gasteiger charge is -2.26. The van der Waals surface area contributed by atoms with Gasteiger partial charge >= 0.3 is 0 Å². The molecule has 1 aliphatic rings. The van der Waals surface area contributed by atoms with Gasteiger partial charge in [-0.05, 0) is 5.56 Å². The summed E-state index contributed by atoms with van der Waals surface area (Å²) in [6, 6.07) is 8.15. The van der Waals surface area contributed by atoms with Gasteiger partial charge in [0.1, 0.15) is 5.69 Å². The van der Waals surface area contributed by atoms with E-state index in [0.29, 0.717) is 5.95 Å². The third-order valence-electron chi connectivity index (χ3n) is 3.96. The van der Waals surface area contributed by atoms with Crippen molar-refractivity contribution in [2.24, 2.45) is 0 Å². The van der Waals surface area contributed by atoms with Crippen LogP contribution in [-0.4, -0.2) is 51.6 Å². The number of nitrogens with one attached hydrogen (secondary N) is 2. The molecule has 3 heterocycles. The molecule has 116 valence electrons. The smallest absolute Gasteiger partial charge is 0.245 e. The van der Waals surface area contributed by atoms with E-state index in [9.17, 15) is 0 Å². The van der Waals surface area contributed by atoms with E-state index in [1.807, 2.05) is 30.5 Å². The Morgan fingerprint density at radius 2 is 1.65 bits per heavy atom. The van der Waals surface area contributed by atoms with Gasteiger partial charge in [0.15, 0.2) is 0 Å². The van der Waals surface area contributed by atoms with Crippen LogP contribution in [-0.2, 0) is 0 Å². The first kappa shape index (κ1) is 13.8. The summed E-state index contributed by atoms with van der Waals surface area (Å²) in [5.41, 5.74) is 3.96. The third kappa shape index (κ3) is 2.91. The molecular weight excluding hydrogens is 290 g/mol. The summed E-state index contributed by atoms with van der Waals surface area (Å²) < 4.78 is 0. The average molecular weight is 307 g/mol. The molecule has 4 rings (SSSR count). The van der Waals surface area contributed by atoms with E-state index in [1.165, 1.54) is 0 Å². The molecule has 23 heavy (non-hydrogen) atoms. The normalized spacial score (nSPS) is 14.9. The Hall–Kier alpha value is -2.80. The molecule has 0 unspecified atom stereocenters. The molecule has 0 bridgehead atoms. The molecule has 3 aromatic rings. The number of aromatic nitrogens is 5. The van der Waals surface area contributed by atoms with E-state index in [4.69, 9.17) is 0 Å². The van der Waals surface area contributed by atoms with Gasteiger partial charge in [-0.25, -0.2) is 4.98 Å². The number of hydrogen-bond acceptors (Lipinski definition) is 6. The third-order valence-corrected chi connectivity index (χ3v) is 3.96. The van der Waals surface area contributed by atoms with E-state index < -0.39 is 0 Å². The summed E-state index contributed by atoms with van der Waals surface area (Å²) in [5, 5.41) is 18.7. The minimum atomic E-state index is 0.699. The van der Waals surface area contributed by atoms with Crippen molar-refractivity contribution in [3.05, 3.63) is 42.9 Å². The van der Waals surface area contributed by atoms with Gasteiger partial charge < -0.3 is 10.2 Å². The van der Waals surface area contributed by atoms with Gasteiger partial charge in [-0.3, -0.25) is 5.10 Å². The van der Waals surface area contributed by atoms with E-state index in [1.54, 1.807) is 12.4 Å². The fourth-order valence-electron chi connectivity index (χ4n) is 2.65. The second-order valence-corrected chi connectivity index (χ2v) is 5.44. The van der Waals surface area contributed by atoms with E-state index in [-0.39, 0.29) is 0 Å². The second-order valence-electron chi connectivity index (χ2n) is 5.44. The highest BCUT2D eigenvalue weighted by Gasteiger charge is 2.13. The van der Waals surface area contributed by atoms with Crippen molar-refractivity contribution >= 4 is 5.95 Å². The number of hydrogen-bond donors (Lipinski definition) is 2. The lowest BCUT2D eigenvalue weighted by molar-refractivity contribution is 0.577. The Balaban J connectivity index is 1.53. The number of anilines is 1. The van der Waals surface area contributed by atoms with Crippen LogP contribution in [0.4, 0.5) is 5.95 Å². The lowest BCUT2D eigenvalue weighted by atomic mass is 10.1. The van der Waals surface area contributed by atoms with Crippen molar-refractivity contribution in [2.45, 2.75) is 0 Å². The Kier molecular flexibility index (Phi) is 3.69. The Bertz CT molecular complexity index is 744. The molecule has 2 N–H and O–H groups in total. The zero-order chi connectivity index (χ0) is 15.5. The SMILES string of the molecule is c1cc(-c2cnc(N3CCNCC3)nn2)ccc1-c1cn[nH]c1. The lowest BCUT2D eigenvalue weighted by Crippen LogP contribution is -2.44. The van der Waals surface area contributed by atoms with Crippen molar-refractivity contribution in [1.82, 2.24) is 30.7 Å². The van der Waals surface area contributed by atoms with Crippen LogP contribution in [0.3, 0.4) is 0 Å². The Morgan fingerprint density at radius 3 is 2.30 bits per heavy atom. The van der Waals surface area contributed by atoms with Gasteiger partial charge in [0.05, 0.1) is 12.4 Å². The molecule has 1 aromatic carbocycles. The van der Waals surface area contributed by atoms with Gasteiger partial charge in [0.25, 0.3) is 0 Å². The molecule has 7 heteroatoms. The highest BCUT2D eigenvalue weighted by Crippen LogP contribution is 2.22. The van der Waals surface area contributed by atoms with Crippen molar-refractivity contribution in [3.63, 3.8) is 0 Å². The topological polar surface area (TPSA) is 82.6 Å². The van der Waals surface area contributed by atoms with E-state index >= 15 is 0 Å². The molecule has 1 aliphatic heterocycles. The monoisotopic (exact) mass is 307 g/mol. The maximum absolute atomic E-state index is 4.46. The predicted octanol–water partition coefficient (Wildman–Crippen LogP) is 1.34. The molecule has 0 atom stereocenters. The molecule has 0 amide bonds. The number of aromatic amines is 1. The van der Waals surface area contributed by atoms with Gasteiger partial charge in [0.2, 0.25) is 5.95 Å². The summed E-state index contributed by atoms with van der Waals surface area (Å²) in [5.74, 6) is 0.699. The number of H-pyrrole nitrogens is 1. The standard InChI is InChI=1S/C16H17N7/c1-3-13(4-2-12(1)14-9-19-20-10-14)15-11-18-16(22-21-15)23-7-5-17-6-8-23/h1-4,9-11,17H,5-8H2,(H,19,20). The molecule has 0 aliphatic carbocycles. The van der Waals surface area contributed by atoms with Crippen LogP contribution in [0.15, 0.2) is 42.9 Å². The van der Waals surface area contributed by atoms with Crippen LogP contribution in [0, 0.1) is 0 Å². The first-order valence-corrected chi connectivity index (χ1v) is 7.65. The van der Waals surface area contributed by atoms with Gasteiger partial charge in [0, 0.05) is 43.5 Å². The summed E-state index contributed by atoms with van der Waals surface area (Å²) in [4.78, 5) is 6.61. The molecule has 1 fully saturated rings. The highest BCUT2D eigenvalue weighted by atomic mass is 15.3. The zero-order valence-corrected chi connectivity index (χ0v) is 12.6. The molecular formula is C16H17N7. The zero-order valence-electron chi connectivity index (χ0n) is 12.6. The number of benzene rings is 1. The van der Waals surface area contributed by atoms with Gasteiger partial charge in [-0.1, -0.05) is 24.3 Å². The maximum Gasteiger partial charge on any atom is 0.245 e. The summed E-state index contributed by atoms with van der Waals surface area (Å²) >= 11 is 0. The highest BCUT2D eigenvalue weighted by molar-refractivity contribution is 5.67. The number of piperazine rings is 1. The van der Waals surface area contributed by atoms with Crippen molar-refractivity contribution in [2.75, 3.05) is 31.1 Å². The van der Waals surface area contributed by atoms with Crippen LogP contribution < -0.4 is 10.2 Å². The quantitative estimate of drug-likeness (QED) is 0.760. The van der Waals surface area contributed by atoms with E-state index in [0.717, 1.165) is 48.6 Å².